The molecule has 1 aliphatic rings. The molecule has 0 bridgehead atoms. The summed E-state index contributed by atoms with van der Waals surface area (Å²) < 4.78 is 0. The predicted octanol–water partition coefficient (Wildman–Crippen LogP) is 1.31. The van der Waals surface area contributed by atoms with Crippen molar-refractivity contribution < 1.29 is 14.8 Å². The second-order valence-electron chi connectivity index (χ2n) is 5.07. The second kappa shape index (κ2) is 6.53. The van der Waals surface area contributed by atoms with Gasteiger partial charge in [-0.15, -0.1) is 0 Å². The fourth-order valence-corrected chi connectivity index (χ4v) is 2.70. The molecule has 0 spiro atoms. The molecule has 1 aromatic carbocycles. The molecule has 114 valence electrons. The van der Waals surface area contributed by atoms with Crippen molar-refractivity contribution in [2.75, 3.05) is 25.1 Å². The fourth-order valence-electron chi connectivity index (χ4n) is 2.70. The molecule has 1 aliphatic heterocycles. The third kappa shape index (κ3) is 3.13. The topological polar surface area (TPSA) is 95.7 Å². The van der Waals surface area contributed by atoms with E-state index in [2.05, 4.69) is 5.32 Å². The molecule has 21 heavy (non-hydrogen) atoms. The number of anilines is 1. The van der Waals surface area contributed by atoms with Crippen molar-refractivity contribution in [3.8, 4) is 0 Å². The highest BCUT2D eigenvalue weighted by atomic mass is 16.6. The largest absolute Gasteiger partial charge is 0.394 e. The van der Waals surface area contributed by atoms with E-state index in [9.17, 15) is 20.0 Å². The van der Waals surface area contributed by atoms with Crippen molar-refractivity contribution in [1.29, 1.82) is 0 Å². The van der Waals surface area contributed by atoms with Gasteiger partial charge in [-0.05, 0) is 31.4 Å². The summed E-state index contributed by atoms with van der Waals surface area (Å²) in [5, 5.41) is 23.2. The Morgan fingerprint density at radius 2 is 2.29 bits per heavy atom. The Morgan fingerprint density at radius 1 is 1.52 bits per heavy atom. The minimum atomic E-state index is -0.452. The van der Waals surface area contributed by atoms with Crippen LogP contribution in [0.25, 0.3) is 0 Å². The van der Waals surface area contributed by atoms with Gasteiger partial charge in [-0.25, -0.2) is 0 Å². The number of piperidine rings is 1. The van der Waals surface area contributed by atoms with Crippen LogP contribution in [-0.4, -0.2) is 42.2 Å². The maximum absolute atomic E-state index is 11.7. The Balaban J connectivity index is 2.46. The summed E-state index contributed by atoms with van der Waals surface area (Å²) in [5.74, 6) is -0.288. The van der Waals surface area contributed by atoms with Gasteiger partial charge >= 0.3 is 0 Å². The van der Waals surface area contributed by atoms with E-state index in [4.69, 9.17) is 0 Å². The average Bonchev–Trinajstić information content (AvgIpc) is 2.53. The van der Waals surface area contributed by atoms with Gasteiger partial charge in [-0.2, -0.15) is 0 Å². The van der Waals surface area contributed by atoms with E-state index in [0.29, 0.717) is 17.8 Å². The highest BCUT2D eigenvalue weighted by Gasteiger charge is 2.28. The first-order valence-electron chi connectivity index (χ1n) is 6.96. The number of aliphatic hydroxyl groups excluding tert-OH is 1. The first-order valence-corrected chi connectivity index (χ1v) is 6.96. The van der Waals surface area contributed by atoms with Crippen molar-refractivity contribution in [3.05, 3.63) is 33.9 Å². The van der Waals surface area contributed by atoms with Gasteiger partial charge in [-0.1, -0.05) is 0 Å². The molecular weight excluding hydrogens is 274 g/mol. The maximum atomic E-state index is 11.7. The molecule has 0 radical (unpaired) electrons. The van der Waals surface area contributed by atoms with E-state index in [1.165, 1.54) is 25.2 Å². The van der Waals surface area contributed by atoms with Crippen LogP contribution >= 0.6 is 0 Å². The lowest BCUT2D eigenvalue weighted by molar-refractivity contribution is -0.384. The molecule has 1 atom stereocenters. The summed E-state index contributed by atoms with van der Waals surface area (Å²) in [4.78, 5) is 24.3. The smallest absolute Gasteiger partial charge is 0.292 e. The van der Waals surface area contributed by atoms with E-state index in [1.54, 1.807) is 0 Å². The number of carbonyl (C=O) groups excluding carboxylic acids is 1. The number of carbonyl (C=O) groups is 1. The lowest BCUT2D eigenvalue weighted by Gasteiger charge is -2.36. The van der Waals surface area contributed by atoms with Gasteiger partial charge in [0, 0.05) is 25.2 Å². The van der Waals surface area contributed by atoms with Crippen LogP contribution in [-0.2, 0) is 0 Å². The standard InChI is InChI=1S/C14H19N3O4/c1-15-14(19)10-5-6-12(17(20)21)13(8-10)16-7-3-2-4-11(16)9-18/h5-6,8,11,18H,2-4,7,9H2,1H3,(H,15,19). The third-order valence-electron chi connectivity index (χ3n) is 3.81. The molecule has 0 aliphatic carbocycles. The lowest BCUT2D eigenvalue weighted by Crippen LogP contribution is -2.42. The van der Waals surface area contributed by atoms with Crippen LogP contribution in [0.3, 0.4) is 0 Å². The predicted molar refractivity (Wildman–Crippen MR) is 78.6 cm³/mol. The van der Waals surface area contributed by atoms with Crippen LogP contribution in [0.5, 0.6) is 0 Å². The molecule has 2 rings (SSSR count). The Hall–Kier alpha value is -2.15. The zero-order valence-electron chi connectivity index (χ0n) is 11.9. The zero-order chi connectivity index (χ0) is 15.4. The number of aliphatic hydroxyl groups is 1. The summed E-state index contributed by atoms with van der Waals surface area (Å²) in [6, 6.07) is 4.18. The van der Waals surface area contributed by atoms with Gasteiger partial charge in [0.25, 0.3) is 11.6 Å². The van der Waals surface area contributed by atoms with Crippen LogP contribution in [0, 0.1) is 10.1 Å². The molecule has 0 aromatic heterocycles. The van der Waals surface area contributed by atoms with Crippen LogP contribution in [0.1, 0.15) is 29.6 Å². The summed E-state index contributed by atoms with van der Waals surface area (Å²) >= 11 is 0. The number of amides is 1. The van der Waals surface area contributed by atoms with Crippen molar-refractivity contribution in [2.45, 2.75) is 25.3 Å². The van der Waals surface area contributed by atoms with Crippen LogP contribution in [0.15, 0.2) is 18.2 Å². The Bertz CT molecular complexity index is 547. The molecule has 7 nitrogen and oxygen atoms in total. The highest BCUT2D eigenvalue weighted by molar-refractivity contribution is 5.95. The Kier molecular flexibility index (Phi) is 4.74. The fraction of sp³-hybridized carbons (Fsp3) is 0.500. The van der Waals surface area contributed by atoms with E-state index in [0.717, 1.165) is 19.3 Å². The molecule has 1 aromatic rings. The summed E-state index contributed by atoms with van der Waals surface area (Å²) in [7, 11) is 1.51. The number of benzene rings is 1. The minimum absolute atomic E-state index is 0.0389. The SMILES string of the molecule is CNC(=O)c1ccc([N+](=O)[O-])c(N2CCCCC2CO)c1. The minimum Gasteiger partial charge on any atom is -0.394 e. The summed E-state index contributed by atoms with van der Waals surface area (Å²) in [6.45, 7) is 0.588. The first kappa shape index (κ1) is 15.2. The zero-order valence-corrected chi connectivity index (χ0v) is 11.9. The first-order chi connectivity index (χ1) is 10.1. The number of nitrogens with zero attached hydrogens (tertiary/aromatic N) is 2. The molecular formula is C14H19N3O4. The Labute approximate surface area is 122 Å². The van der Waals surface area contributed by atoms with Gasteiger partial charge in [0.2, 0.25) is 0 Å². The van der Waals surface area contributed by atoms with Crippen LogP contribution in [0.4, 0.5) is 11.4 Å². The van der Waals surface area contributed by atoms with Gasteiger partial charge in [0.15, 0.2) is 0 Å². The molecule has 1 saturated heterocycles. The molecule has 1 unspecified atom stereocenters. The van der Waals surface area contributed by atoms with E-state index >= 15 is 0 Å². The van der Waals surface area contributed by atoms with Crippen molar-refractivity contribution in [2.24, 2.45) is 0 Å². The molecule has 7 heteroatoms. The number of nitro groups is 1. The number of nitrogens with one attached hydrogen (secondary N) is 1. The molecule has 1 heterocycles. The van der Waals surface area contributed by atoms with Gasteiger partial charge in [-0.3, -0.25) is 14.9 Å². The van der Waals surface area contributed by atoms with Gasteiger partial charge in [0.05, 0.1) is 17.6 Å². The monoisotopic (exact) mass is 293 g/mol. The second-order valence-corrected chi connectivity index (χ2v) is 5.07. The molecule has 2 N–H and O–H groups in total. The van der Waals surface area contributed by atoms with E-state index in [-0.39, 0.29) is 24.2 Å². The van der Waals surface area contributed by atoms with Gasteiger partial charge < -0.3 is 15.3 Å². The molecule has 0 saturated carbocycles. The van der Waals surface area contributed by atoms with E-state index < -0.39 is 4.92 Å². The molecule has 1 amide bonds. The van der Waals surface area contributed by atoms with Crippen LogP contribution < -0.4 is 10.2 Å². The molecule has 1 fully saturated rings. The van der Waals surface area contributed by atoms with Crippen molar-refractivity contribution in [3.63, 3.8) is 0 Å². The number of hydrogen-bond donors (Lipinski definition) is 2. The maximum Gasteiger partial charge on any atom is 0.292 e. The number of nitro benzene ring substituents is 1. The quantitative estimate of drug-likeness (QED) is 0.644. The average molecular weight is 293 g/mol. The van der Waals surface area contributed by atoms with E-state index in [1.807, 2.05) is 4.90 Å². The third-order valence-corrected chi connectivity index (χ3v) is 3.81. The van der Waals surface area contributed by atoms with Crippen LogP contribution in [0.2, 0.25) is 0 Å². The van der Waals surface area contributed by atoms with Gasteiger partial charge in [0.1, 0.15) is 5.69 Å². The summed E-state index contributed by atoms with van der Waals surface area (Å²) in [6.07, 6.45) is 2.69. The van der Waals surface area contributed by atoms with Crippen molar-refractivity contribution in [1.82, 2.24) is 5.32 Å². The Morgan fingerprint density at radius 3 is 2.90 bits per heavy atom. The highest BCUT2D eigenvalue weighted by Crippen LogP contribution is 2.33. The normalized spacial score (nSPS) is 18.4. The lowest BCUT2D eigenvalue weighted by atomic mass is 10.0. The van der Waals surface area contributed by atoms with Crippen molar-refractivity contribution >= 4 is 17.3 Å². The summed E-state index contributed by atoms with van der Waals surface area (Å²) in [5.41, 5.74) is 0.739. The number of rotatable bonds is 4. The number of hydrogen-bond acceptors (Lipinski definition) is 5.